The third kappa shape index (κ3) is 4.98. The fourth-order valence-corrected chi connectivity index (χ4v) is 0.856. The van der Waals surface area contributed by atoms with E-state index in [9.17, 15) is 18.0 Å². The first-order valence-electron chi connectivity index (χ1n) is 4.53. The Kier molecular flexibility index (Phi) is 5.02. The summed E-state index contributed by atoms with van der Waals surface area (Å²) in [5.74, 6) is -0.739. The standard InChI is InChI=1S/C8H15F3N2O2/c1-3-7(12,4-2)6(14)13-15-5-8(9,10)11/h3-5,12H2,1-2H3,(H,13,14). The lowest BCUT2D eigenvalue weighted by Crippen LogP contribution is -2.53. The van der Waals surface area contributed by atoms with Crippen LogP contribution in [-0.4, -0.2) is 24.2 Å². The number of nitrogens with one attached hydrogen (secondary N) is 1. The molecule has 7 heteroatoms. The summed E-state index contributed by atoms with van der Waals surface area (Å²) in [5, 5.41) is 0. The van der Waals surface area contributed by atoms with Gasteiger partial charge in [-0.2, -0.15) is 13.2 Å². The zero-order valence-electron chi connectivity index (χ0n) is 8.65. The maximum atomic E-state index is 11.7. The number of carbonyl (C=O) groups excluding carboxylic acids is 1. The number of hydroxylamine groups is 1. The minimum Gasteiger partial charge on any atom is -0.317 e. The summed E-state index contributed by atoms with van der Waals surface area (Å²) >= 11 is 0. The van der Waals surface area contributed by atoms with Gasteiger partial charge in [0.2, 0.25) is 0 Å². The Morgan fingerprint density at radius 3 is 2.13 bits per heavy atom. The topological polar surface area (TPSA) is 64.4 Å². The molecule has 0 fully saturated rings. The maximum absolute atomic E-state index is 11.7. The molecular weight excluding hydrogens is 213 g/mol. The highest BCUT2D eigenvalue weighted by atomic mass is 19.4. The number of nitrogens with two attached hydrogens (primary N) is 1. The molecule has 0 aromatic carbocycles. The van der Waals surface area contributed by atoms with E-state index in [2.05, 4.69) is 4.84 Å². The lowest BCUT2D eigenvalue weighted by atomic mass is 9.94. The van der Waals surface area contributed by atoms with Gasteiger partial charge >= 0.3 is 6.18 Å². The van der Waals surface area contributed by atoms with E-state index in [1.807, 2.05) is 0 Å². The number of rotatable bonds is 5. The second-order valence-corrected chi connectivity index (χ2v) is 3.20. The fraction of sp³-hybridized carbons (Fsp3) is 0.875. The van der Waals surface area contributed by atoms with Crippen molar-refractivity contribution in [2.24, 2.45) is 5.73 Å². The third-order valence-corrected chi connectivity index (χ3v) is 2.11. The Balaban J connectivity index is 4.04. The summed E-state index contributed by atoms with van der Waals surface area (Å²) in [5.41, 5.74) is 6.14. The van der Waals surface area contributed by atoms with Crippen molar-refractivity contribution in [1.82, 2.24) is 5.48 Å². The predicted molar refractivity (Wildman–Crippen MR) is 47.7 cm³/mol. The maximum Gasteiger partial charge on any atom is 0.414 e. The molecule has 0 aromatic rings. The minimum absolute atomic E-state index is 0.324. The van der Waals surface area contributed by atoms with Crippen LogP contribution >= 0.6 is 0 Å². The van der Waals surface area contributed by atoms with Gasteiger partial charge in [0, 0.05) is 0 Å². The summed E-state index contributed by atoms with van der Waals surface area (Å²) < 4.78 is 35.0. The summed E-state index contributed by atoms with van der Waals surface area (Å²) in [6.45, 7) is 1.82. The molecule has 3 N–H and O–H groups in total. The van der Waals surface area contributed by atoms with Gasteiger partial charge in [-0.3, -0.25) is 9.63 Å². The fourth-order valence-electron chi connectivity index (χ4n) is 0.856. The summed E-state index contributed by atoms with van der Waals surface area (Å²) in [6.07, 6.45) is -3.82. The molecule has 0 saturated heterocycles. The molecule has 0 aromatic heterocycles. The second-order valence-electron chi connectivity index (χ2n) is 3.20. The first kappa shape index (κ1) is 14.2. The lowest BCUT2D eigenvalue weighted by molar-refractivity contribution is -0.193. The van der Waals surface area contributed by atoms with Crippen molar-refractivity contribution in [3.05, 3.63) is 0 Å². The van der Waals surface area contributed by atoms with Gasteiger partial charge in [0.25, 0.3) is 5.91 Å². The van der Waals surface area contributed by atoms with E-state index in [1.54, 1.807) is 19.3 Å². The Morgan fingerprint density at radius 1 is 1.33 bits per heavy atom. The van der Waals surface area contributed by atoms with Gasteiger partial charge in [-0.05, 0) is 12.8 Å². The molecule has 0 radical (unpaired) electrons. The first-order valence-corrected chi connectivity index (χ1v) is 4.53. The van der Waals surface area contributed by atoms with Crippen LogP contribution in [0.5, 0.6) is 0 Å². The normalized spacial score (nSPS) is 12.7. The van der Waals surface area contributed by atoms with Gasteiger partial charge in [-0.25, -0.2) is 5.48 Å². The van der Waals surface area contributed by atoms with Crippen LogP contribution in [0, 0.1) is 0 Å². The van der Waals surface area contributed by atoms with E-state index < -0.39 is 24.2 Å². The quantitative estimate of drug-likeness (QED) is 0.693. The molecule has 0 aliphatic rings. The SMILES string of the molecule is CCC(N)(CC)C(=O)NOCC(F)(F)F. The van der Waals surface area contributed by atoms with Crippen molar-refractivity contribution in [3.63, 3.8) is 0 Å². The van der Waals surface area contributed by atoms with Crippen LogP contribution in [0.2, 0.25) is 0 Å². The highest BCUT2D eigenvalue weighted by molar-refractivity contribution is 5.84. The third-order valence-electron chi connectivity index (χ3n) is 2.11. The number of alkyl halides is 3. The molecule has 0 atom stereocenters. The van der Waals surface area contributed by atoms with Gasteiger partial charge < -0.3 is 5.73 Å². The molecule has 1 amide bonds. The van der Waals surface area contributed by atoms with Crippen molar-refractivity contribution in [2.75, 3.05) is 6.61 Å². The van der Waals surface area contributed by atoms with Crippen molar-refractivity contribution in [3.8, 4) is 0 Å². The smallest absolute Gasteiger partial charge is 0.317 e. The Morgan fingerprint density at radius 2 is 1.80 bits per heavy atom. The van der Waals surface area contributed by atoms with Gasteiger partial charge in [0.1, 0.15) is 0 Å². The Hall–Kier alpha value is -0.820. The van der Waals surface area contributed by atoms with E-state index in [0.29, 0.717) is 12.8 Å². The molecule has 0 aliphatic heterocycles. The van der Waals surface area contributed by atoms with Gasteiger partial charge in [-0.15, -0.1) is 0 Å². The second kappa shape index (κ2) is 5.32. The Labute approximate surface area is 85.9 Å². The number of halogens is 3. The van der Waals surface area contributed by atoms with Gasteiger partial charge in [0.15, 0.2) is 6.61 Å². The molecule has 4 nitrogen and oxygen atoms in total. The van der Waals surface area contributed by atoms with Crippen LogP contribution in [0.3, 0.4) is 0 Å². The molecular formula is C8H15F3N2O2. The van der Waals surface area contributed by atoms with Crippen LogP contribution in [-0.2, 0) is 9.63 Å². The average Bonchev–Trinajstić information content (AvgIpc) is 2.14. The minimum atomic E-state index is -4.47. The molecule has 0 heterocycles. The lowest BCUT2D eigenvalue weighted by Gasteiger charge is -2.24. The van der Waals surface area contributed by atoms with Crippen LogP contribution in [0.1, 0.15) is 26.7 Å². The van der Waals surface area contributed by atoms with Crippen LogP contribution in [0.25, 0.3) is 0 Å². The zero-order valence-corrected chi connectivity index (χ0v) is 8.65. The van der Waals surface area contributed by atoms with E-state index >= 15 is 0 Å². The average molecular weight is 228 g/mol. The van der Waals surface area contributed by atoms with Crippen LogP contribution < -0.4 is 11.2 Å². The number of hydrogen-bond donors (Lipinski definition) is 2. The highest BCUT2D eigenvalue weighted by Crippen LogP contribution is 2.14. The number of amides is 1. The summed E-state index contributed by atoms with van der Waals surface area (Å²) in [7, 11) is 0. The van der Waals surface area contributed by atoms with E-state index in [4.69, 9.17) is 5.73 Å². The van der Waals surface area contributed by atoms with Crippen molar-refractivity contribution < 1.29 is 22.8 Å². The number of carbonyl (C=O) groups is 1. The van der Waals surface area contributed by atoms with Crippen molar-refractivity contribution >= 4 is 5.91 Å². The van der Waals surface area contributed by atoms with Gasteiger partial charge in [-0.1, -0.05) is 13.8 Å². The molecule has 0 unspecified atom stereocenters. The highest BCUT2D eigenvalue weighted by Gasteiger charge is 2.32. The van der Waals surface area contributed by atoms with E-state index in [-0.39, 0.29) is 0 Å². The summed E-state index contributed by atoms with van der Waals surface area (Å²) in [6, 6.07) is 0. The van der Waals surface area contributed by atoms with Gasteiger partial charge in [0.05, 0.1) is 5.54 Å². The first-order chi connectivity index (χ1) is 6.75. The predicted octanol–water partition coefficient (Wildman–Crippen LogP) is 1.11. The molecule has 0 bridgehead atoms. The zero-order chi connectivity index (χ0) is 12.1. The largest absolute Gasteiger partial charge is 0.414 e. The number of hydrogen-bond acceptors (Lipinski definition) is 3. The molecule has 0 spiro atoms. The molecule has 0 rings (SSSR count). The van der Waals surface area contributed by atoms with E-state index in [1.165, 1.54) is 0 Å². The molecule has 0 saturated carbocycles. The van der Waals surface area contributed by atoms with Crippen molar-refractivity contribution in [1.29, 1.82) is 0 Å². The van der Waals surface area contributed by atoms with E-state index in [0.717, 1.165) is 0 Å². The molecule has 15 heavy (non-hydrogen) atoms. The Bertz CT molecular complexity index is 214. The van der Waals surface area contributed by atoms with Crippen LogP contribution in [0.4, 0.5) is 13.2 Å². The van der Waals surface area contributed by atoms with Crippen molar-refractivity contribution in [2.45, 2.75) is 38.4 Å². The molecule has 90 valence electrons. The summed E-state index contributed by atoms with van der Waals surface area (Å²) in [4.78, 5) is 15.3. The monoisotopic (exact) mass is 228 g/mol. The van der Waals surface area contributed by atoms with Crippen LogP contribution in [0.15, 0.2) is 0 Å². The molecule has 0 aliphatic carbocycles.